The van der Waals surface area contributed by atoms with E-state index in [0.717, 1.165) is 0 Å². The quantitative estimate of drug-likeness (QED) is 0.526. The summed E-state index contributed by atoms with van der Waals surface area (Å²) in [5, 5.41) is 0. The molecule has 1 saturated heterocycles. The number of nitrogens with zero attached hydrogens (tertiary/aromatic N) is 1. The summed E-state index contributed by atoms with van der Waals surface area (Å²) in [5.41, 5.74) is 1.24. The van der Waals surface area contributed by atoms with Crippen LogP contribution in [0, 0.1) is 17.7 Å². The second-order valence-electron chi connectivity index (χ2n) is 6.81. The number of carbonyl (C=O) groups excluding carboxylic acids is 2. The SMILES string of the molecule is COC(=O)C1CC(C(=O)c2ccccc2)C(C)N(c2cc(F)cc(Br)c2)C1. The number of anilines is 1. The van der Waals surface area contributed by atoms with Crippen LogP contribution in [0.2, 0.25) is 0 Å². The van der Waals surface area contributed by atoms with E-state index in [1.54, 1.807) is 18.2 Å². The Morgan fingerprint density at radius 3 is 2.52 bits per heavy atom. The number of piperidine rings is 1. The van der Waals surface area contributed by atoms with Gasteiger partial charge in [-0.15, -0.1) is 0 Å². The van der Waals surface area contributed by atoms with E-state index < -0.39 is 11.8 Å². The predicted molar refractivity (Wildman–Crippen MR) is 105 cm³/mol. The largest absolute Gasteiger partial charge is 0.469 e. The van der Waals surface area contributed by atoms with Gasteiger partial charge in [-0.2, -0.15) is 0 Å². The van der Waals surface area contributed by atoms with E-state index in [-0.39, 0.29) is 23.6 Å². The number of esters is 1. The third-order valence-corrected chi connectivity index (χ3v) is 5.60. The molecular weight excluding hydrogens is 413 g/mol. The molecule has 1 aliphatic heterocycles. The van der Waals surface area contributed by atoms with Crippen LogP contribution in [0.5, 0.6) is 0 Å². The summed E-state index contributed by atoms with van der Waals surface area (Å²) in [6.07, 6.45) is 0.411. The molecule has 3 rings (SSSR count). The van der Waals surface area contributed by atoms with Gasteiger partial charge in [-0.3, -0.25) is 9.59 Å². The molecular formula is C21H21BrFNO3. The lowest BCUT2D eigenvalue weighted by Gasteiger charge is -2.43. The third kappa shape index (κ3) is 4.21. The molecule has 2 aromatic rings. The Morgan fingerprint density at radius 2 is 1.89 bits per heavy atom. The Labute approximate surface area is 166 Å². The third-order valence-electron chi connectivity index (χ3n) is 5.14. The van der Waals surface area contributed by atoms with Crippen LogP contribution in [0.3, 0.4) is 0 Å². The summed E-state index contributed by atoms with van der Waals surface area (Å²) in [5.74, 6) is -1.60. The fourth-order valence-corrected chi connectivity index (χ4v) is 4.18. The average Bonchev–Trinajstić information content (AvgIpc) is 2.67. The number of ketones is 1. The number of hydrogen-bond donors (Lipinski definition) is 0. The Kier molecular flexibility index (Phi) is 5.95. The van der Waals surface area contributed by atoms with Crippen molar-refractivity contribution in [3.63, 3.8) is 0 Å². The van der Waals surface area contributed by atoms with Crippen molar-refractivity contribution in [3.8, 4) is 0 Å². The highest BCUT2D eigenvalue weighted by molar-refractivity contribution is 9.10. The molecule has 0 aromatic heterocycles. The van der Waals surface area contributed by atoms with Crippen LogP contribution in [-0.2, 0) is 9.53 Å². The minimum Gasteiger partial charge on any atom is -0.469 e. The molecule has 1 heterocycles. The van der Waals surface area contributed by atoms with Crippen LogP contribution in [0.1, 0.15) is 23.7 Å². The van der Waals surface area contributed by atoms with E-state index in [9.17, 15) is 14.0 Å². The Balaban J connectivity index is 1.98. The summed E-state index contributed by atoms with van der Waals surface area (Å²) in [4.78, 5) is 27.3. The van der Waals surface area contributed by atoms with E-state index in [4.69, 9.17) is 4.74 Å². The van der Waals surface area contributed by atoms with Gasteiger partial charge in [0, 0.05) is 34.2 Å². The summed E-state index contributed by atoms with van der Waals surface area (Å²) < 4.78 is 19.5. The van der Waals surface area contributed by atoms with Gasteiger partial charge >= 0.3 is 5.97 Å². The van der Waals surface area contributed by atoms with Crippen molar-refractivity contribution >= 4 is 33.4 Å². The first kappa shape index (κ1) is 19.5. The second kappa shape index (κ2) is 8.21. The van der Waals surface area contributed by atoms with Gasteiger partial charge in [0.2, 0.25) is 0 Å². The normalized spacial score (nSPS) is 22.4. The standard InChI is InChI=1S/C21H21BrFNO3/c1-13-19(20(25)14-6-4-3-5-7-14)8-15(21(26)27-2)12-24(13)18-10-16(22)9-17(23)11-18/h3-7,9-11,13,15,19H,8,12H2,1-2H3. The number of carbonyl (C=O) groups is 2. The number of Topliss-reactive ketones (excluding diaryl/α,β-unsaturated/α-hetero) is 1. The van der Waals surface area contributed by atoms with Crippen LogP contribution in [0.4, 0.5) is 10.1 Å². The second-order valence-corrected chi connectivity index (χ2v) is 7.73. The molecule has 27 heavy (non-hydrogen) atoms. The maximum atomic E-state index is 13.9. The first-order chi connectivity index (χ1) is 12.9. The van der Waals surface area contributed by atoms with Crippen molar-refractivity contribution in [2.45, 2.75) is 19.4 Å². The zero-order chi connectivity index (χ0) is 19.6. The summed E-state index contributed by atoms with van der Waals surface area (Å²) >= 11 is 3.31. The van der Waals surface area contributed by atoms with Gasteiger partial charge in [0.15, 0.2) is 5.78 Å². The molecule has 142 valence electrons. The lowest BCUT2D eigenvalue weighted by Crippen LogP contribution is -2.52. The lowest BCUT2D eigenvalue weighted by molar-refractivity contribution is -0.146. The molecule has 0 N–H and O–H groups in total. The van der Waals surface area contributed by atoms with Gasteiger partial charge in [-0.25, -0.2) is 4.39 Å². The number of ether oxygens (including phenoxy) is 1. The topological polar surface area (TPSA) is 46.6 Å². The maximum Gasteiger partial charge on any atom is 0.310 e. The van der Waals surface area contributed by atoms with Crippen molar-refractivity contribution in [1.29, 1.82) is 0 Å². The summed E-state index contributed by atoms with van der Waals surface area (Å²) in [6.45, 7) is 2.32. The van der Waals surface area contributed by atoms with E-state index in [2.05, 4.69) is 15.9 Å². The molecule has 1 fully saturated rings. The van der Waals surface area contributed by atoms with Crippen LogP contribution < -0.4 is 4.90 Å². The van der Waals surface area contributed by atoms with Gasteiger partial charge in [-0.05, 0) is 31.5 Å². The van der Waals surface area contributed by atoms with Gasteiger partial charge in [-0.1, -0.05) is 46.3 Å². The molecule has 6 heteroatoms. The van der Waals surface area contributed by atoms with Gasteiger partial charge in [0.1, 0.15) is 5.82 Å². The molecule has 0 saturated carbocycles. The molecule has 0 radical (unpaired) electrons. The molecule has 0 bridgehead atoms. The number of methoxy groups -OCH3 is 1. The molecule has 0 amide bonds. The van der Waals surface area contributed by atoms with Gasteiger partial charge in [0.25, 0.3) is 0 Å². The molecule has 3 unspecified atom stereocenters. The molecule has 0 aliphatic carbocycles. The first-order valence-corrected chi connectivity index (χ1v) is 9.60. The molecule has 1 aliphatic rings. The average molecular weight is 434 g/mol. The molecule has 3 atom stereocenters. The molecule has 2 aromatic carbocycles. The van der Waals surface area contributed by atoms with Crippen molar-refractivity contribution < 1.29 is 18.7 Å². The monoisotopic (exact) mass is 433 g/mol. The highest BCUT2D eigenvalue weighted by Crippen LogP contribution is 2.35. The molecule has 4 nitrogen and oxygen atoms in total. The fraction of sp³-hybridized carbons (Fsp3) is 0.333. The van der Waals surface area contributed by atoms with E-state index in [1.807, 2.05) is 30.0 Å². The summed E-state index contributed by atoms with van der Waals surface area (Å²) in [6, 6.07) is 13.5. The van der Waals surface area contributed by atoms with Crippen molar-refractivity contribution in [3.05, 3.63) is 64.4 Å². The first-order valence-electron chi connectivity index (χ1n) is 8.80. The van der Waals surface area contributed by atoms with Crippen molar-refractivity contribution in [2.24, 2.45) is 11.8 Å². The van der Waals surface area contributed by atoms with E-state index >= 15 is 0 Å². The van der Waals surface area contributed by atoms with Crippen molar-refractivity contribution in [2.75, 3.05) is 18.6 Å². The minimum absolute atomic E-state index is 0.0165. The van der Waals surface area contributed by atoms with Crippen LogP contribution in [0.25, 0.3) is 0 Å². The fourth-order valence-electron chi connectivity index (χ4n) is 3.72. The maximum absolute atomic E-state index is 13.9. The van der Waals surface area contributed by atoms with Crippen LogP contribution in [0.15, 0.2) is 53.0 Å². The van der Waals surface area contributed by atoms with Gasteiger partial charge < -0.3 is 9.64 Å². The van der Waals surface area contributed by atoms with E-state index in [1.165, 1.54) is 19.2 Å². The molecule has 0 spiro atoms. The Bertz CT molecular complexity index is 822. The number of rotatable bonds is 4. The van der Waals surface area contributed by atoms with Crippen molar-refractivity contribution in [1.82, 2.24) is 0 Å². The van der Waals surface area contributed by atoms with Crippen LogP contribution >= 0.6 is 15.9 Å². The Morgan fingerprint density at radius 1 is 1.19 bits per heavy atom. The predicted octanol–water partition coefficient (Wildman–Crippen LogP) is 4.48. The number of benzene rings is 2. The highest BCUT2D eigenvalue weighted by Gasteiger charge is 2.41. The zero-order valence-electron chi connectivity index (χ0n) is 15.2. The smallest absolute Gasteiger partial charge is 0.310 e. The number of halogens is 2. The van der Waals surface area contributed by atoms with Gasteiger partial charge in [0.05, 0.1) is 13.0 Å². The zero-order valence-corrected chi connectivity index (χ0v) is 16.8. The Hall–Kier alpha value is -2.21. The van der Waals surface area contributed by atoms with Crippen LogP contribution in [-0.4, -0.2) is 31.4 Å². The highest BCUT2D eigenvalue weighted by atomic mass is 79.9. The summed E-state index contributed by atoms with van der Waals surface area (Å²) in [7, 11) is 1.34. The lowest BCUT2D eigenvalue weighted by atomic mass is 9.79. The number of hydrogen-bond acceptors (Lipinski definition) is 4. The minimum atomic E-state index is -0.453. The van der Waals surface area contributed by atoms with E-state index in [0.29, 0.717) is 28.7 Å².